The zero-order valence-electron chi connectivity index (χ0n) is 12.7. The number of hydrogen-bond donors (Lipinski definition) is 1. The molecule has 114 valence electrons. The van der Waals surface area contributed by atoms with Gasteiger partial charge in [-0.3, -0.25) is 9.59 Å². The van der Waals surface area contributed by atoms with Crippen molar-refractivity contribution >= 4 is 16.8 Å². The molecule has 0 atom stereocenters. The standard InChI is InChI=1S/C15H21N3O3/c1-4-18-8-6-12-11(15(18)20)10-13(17(12)2)14(19)16-7-5-9-21-3/h6,8,10H,4-5,7,9H2,1-3H3,(H,16,19). The van der Waals surface area contributed by atoms with Gasteiger partial charge in [-0.05, 0) is 25.5 Å². The third kappa shape index (κ3) is 3.00. The maximum Gasteiger partial charge on any atom is 0.267 e. The van der Waals surface area contributed by atoms with Crippen molar-refractivity contribution in [3.05, 3.63) is 34.4 Å². The summed E-state index contributed by atoms with van der Waals surface area (Å²) in [5.74, 6) is -0.174. The molecule has 0 aliphatic carbocycles. The Labute approximate surface area is 123 Å². The Morgan fingerprint density at radius 1 is 1.43 bits per heavy atom. The number of nitrogens with one attached hydrogen (secondary N) is 1. The normalized spacial score (nSPS) is 11.0. The number of amides is 1. The fourth-order valence-corrected chi connectivity index (χ4v) is 2.35. The van der Waals surface area contributed by atoms with Crippen LogP contribution in [0.3, 0.4) is 0 Å². The van der Waals surface area contributed by atoms with Crippen LogP contribution in [0.4, 0.5) is 0 Å². The number of carbonyl (C=O) groups excluding carboxylic acids is 1. The van der Waals surface area contributed by atoms with Crippen LogP contribution >= 0.6 is 0 Å². The SMILES string of the molecule is CCn1ccc2c(cc(C(=O)NCCCOC)n2C)c1=O. The highest BCUT2D eigenvalue weighted by atomic mass is 16.5. The van der Waals surface area contributed by atoms with Crippen LogP contribution in [0.2, 0.25) is 0 Å². The number of aryl methyl sites for hydroxylation is 2. The average Bonchev–Trinajstić information content (AvgIpc) is 2.82. The zero-order valence-corrected chi connectivity index (χ0v) is 12.7. The van der Waals surface area contributed by atoms with Crippen molar-refractivity contribution in [3.8, 4) is 0 Å². The summed E-state index contributed by atoms with van der Waals surface area (Å²) in [5, 5.41) is 3.41. The van der Waals surface area contributed by atoms with Crippen LogP contribution in [0.15, 0.2) is 23.1 Å². The highest BCUT2D eigenvalue weighted by Crippen LogP contribution is 2.15. The van der Waals surface area contributed by atoms with E-state index in [9.17, 15) is 9.59 Å². The highest BCUT2D eigenvalue weighted by molar-refractivity contribution is 5.98. The number of rotatable bonds is 6. The summed E-state index contributed by atoms with van der Waals surface area (Å²) in [6.07, 6.45) is 2.51. The Morgan fingerprint density at radius 3 is 2.86 bits per heavy atom. The molecule has 0 aliphatic heterocycles. The molecule has 1 N–H and O–H groups in total. The Morgan fingerprint density at radius 2 is 2.19 bits per heavy atom. The van der Waals surface area contributed by atoms with Crippen LogP contribution in [0.25, 0.3) is 10.9 Å². The second kappa shape index (κ2) is 6.58. The van der Waals surface area contributed by atoms with E-state index in [1.807, 2.05) is 13.0 Å². The Hall–Kier alpha value is -2.08. The summed E-state index contributed by atoms with van der Waals surface area (Å²) in [6.45, 7) is 3.69. The molecule has 0 radical (unpaired) electrons. The smallest absolute Gasteiger partial charge is 0.267 e. The second-order valence-electron chi connectivity index (χ2n) is 4.90. The van der Waals surface area contributed by atoms with E-state index in [0.717, 1.165) is 11.9 Å². The summed E-state index contributed by atoms with van der Waals surface area (Å²) in [6, 6.07) is 3.53. The van der Waals surface area contributed by atoms with E-state index < -0.39 is 0 Å². The summed E-state index contributed by atoms with van der Waals surface area (Å²) in [4.78, 5) is 24.4. The maximum absolute atomic E-state index is 12.2. The van der Waals surface area contributed by atoms with Crippen LogP contribution < -0.4 is 10.9 Å². The molecule has 0 unspecified atom stereocenters. The van der Waals surface area contributed by atoms with Crippen molar-refractivity contribution in [1.82, 2.24) is 14.5 Å². The van der Waals surface area contributed by atoms with Gasteiger partial charge in [0.1, 0.15) is 5.69 Å². The molecule has 2 aromatic heterocycles. The predicted molar refractivity (Wildman–Crippen MR) is 81.7 cm³/mol. The first-order valence-electron chi connectivity index (χ1n) is 7.06. The minimum Gasteiger partial charge on any atom is -0.385 e. The van der Waals surface area contributed by atoms with Gasteiger partial charge in [0, 0.05) is 40.1 Å². The average molecular weight is 291 g/mol. The van der Waals surface area contributed by atoms with Crippen LogP contribution in [0.5, 0.6) is 0 Å². The molecule has 0 saturated heterocycles. The first kappa shape index (κ1) is 15.3. The molecule has 2 heterocycles. The lowest BCUT2D eigenvalue weighted by Crippen LogP contribution is -2.26. The third-order valence-electron chi connectivity index (χ3n) is 3.57. The van der Waals surface area contributed by atoms with Crippen molar-refractivity contribution in [2.75, 3.05) is 20.3 Å². The molecule has 0 aliphatic rings. The van der Waals surface area contributed by atoms with E-state index in [4.69, 9.17) is 4.74 Å². The minimum atomic E-state index is -0.174. The number of pyridine rings is 1. The van der Waals surface area contributed by atoms with Crippen LogP contribution in [0, 0.1) is 0 Å². The summed E-state index contributed by atoms with van der Waals surface area (Å²) < 4.78 is 8.32. The fraction of sp³-hybridized carbons (Fsp3) is 0.467. The molecule has 6 heteroatoms. The molecule has 0 aromatic carbocycles. The van der Waals surface area contributed by atoms with E-state index in [1.165, 1.54) is 0 Å². The van der Waals surface area contributed by atoms with Crippen molar-refractivity contribution in [1.29, 1.82) is 0 Å². The fourth-order valence-electron chi connectivity index (χ4n) is 2.35. The first-order valence-corrected chi connectivity index (χ1v) is 7.06. The van der Waals surface area contributed by atoms with Gasteiger partial charge in [0.15, 0.2) is 0 Å². The number of carbonyl (C=O) groups is 1. The molecular weight excluding hydrogens is 270 g/mol. The summed E-state index contributed by atoms with van der Waals surface area (Å²) >= 11 is 0. The van der Waals surface area contributed by atoms with Crippen molar-refractivity contribution < 1.29 is 9.53 Å². The largest absolute Gasteiger partial charge is 0.385 e. The van der Waals surface area contributed by atoms with Gasteiger partial charge in [0.05, 0.1) is 10.9 Å². The van der Waals surface area contributed by atoms with Gasteiger partial charge in [-0.1, -0.05) is 0 Å². The predicted octanol–water partition coefficient (Wildman–Crippen LogP) is 1.13. The zero-order chi connectivity index (χ0) is 15.4. The lowest BCUT2D eigenvalue weighted by atomic mass is 10.3. The molecule has 2 aromatic rings. The number of methoxy groups -OCH3 is 1. The van der Waals surface area contributed by atoms with Gasteiger partial charge in [0.25, 0.3) is 11.5 Å². The van der Waals surface area contributed by atoms with Crippen molar-refractivity contribution in [3.63, 3.8) is 0 Å². The Balaban J connectivity index is 2.29. The van der Waals surface area contributed by atoms with Crippen LogP contribution in [-0.4, -0.2) is 35.3 Å². The van der Waals surface area contributed by atoms with Gasteiger partial charge in [-0.25, -0.2) is 0 Å². The summed E-state index contributed by atoms with van der Waals surface area (Å²) in [7, 11) is 3.42. The lowest BCUT2D eigenvalue weighted by molar-refractivity contribution is 0.0941. The van der Waals surface area contributed by atoms with Gasteiger partial charge in [0.2, 0.25) is 0 Å². The van der Waals surface area contributed by atoms with Crippen molar-refractivity contribution in [2.24, 2.45) is 7.05 Å². The quantitative estimate of drug-likeness (QED) is 0.811. The minimum absolute atomic E-state index is 0.0657. The lowest BCUT2D eigenvalue weighted by Gasteiger charge is -2.06. The molecule has 0 fully saturated rings. The number of aromatic nitrogens is 2. The molecule has 6 nitrogen and oxygen atoms in total. The number of hydrogen-bond acceptors (Lipinski definition) is 3. The topological polar surface area (TPSA) is 65.3 Å². The van der Waals surface area contributed by atoms with Crippen LogP contribution in [0.1, 0.15) is 23.8 Å². The third-order valence-corrected chi connectivity index (χ3v) is 3.57. The van der Waals surface area contributed by atoms with E-state index in [2.05, 4.69) is 5.32 Å². The number of fused-ring (bicyclic) bond motifs is 1. The monoisotopic (exact) mass is 291 g/mol. The molecular formula is C15H21N3O3. The molecule has 0 spiro atoms. The number of ether oxygens (including phenoxy) is 1. The molecule has 1 amide bonds. The van der Waals surface area contributed by atoms with Gasteiger partial charge in [-0.2, -0.15) is 0 Å². The molecule has 0 saturated carbocycles. The van der Waals surface area contributed by atoms with E-state index in [1.54, 1.807) is 35.6 Å². The van der Waals surface area contributed by atoms with Gasteiger partial charge >= 0.3 is 0 Å². The van der Waals surface area contributed by atoms with Crippen molar-refractivity contribution in [2.45, 2.75) is 19.9 Å². The molecule has 0 bridgehead atoms. The van der Waals surface area contributed by atoms with E-state index in [0.29, 0.717) is 30.8 Å². The van der Waals surface area contributed by atoms with Gasteiger partial charge < -0.3 is 19.2 Å². The number of nitrogens with zero attached hydrogens (tertiary/aromatic N) is 2. The molecule has 21 heavy (non-hydrogen) atoms. The maximum atomic E-state index is 12.2. The summed E-state index contributed by atoms with van der Waals surface area (Å²) in [5.41, 5.74) is 1.20. The second-order valence-corrected chi connectivity index (χ2v) is 4.90. The van der Waals surface area contributed by atoms with Crippen LogP contribution in [-0.2, 0) is 18.3 Å². The Kier molecular flexibility index (Phi) is 4.80. The first-order chi connectivity index (χ1) is 10.1. The van der Waals surface area contributed by atoms with E-state index in [-0.39, 0.29) is 11.5 Å². The molecule has 2 rings (SSSR count). The highest BCUT2D eigenvalue weighted by Gasteiger charge is 2.15. The van der Waals surface area contributed by atoms with Gasteiger partial charge in [-0.15, -0.1) is 0 Å². The Bertz CT molecular complexity index is 700. The van der Waals surface area contributed by atoms with E-state index >= 15 is 0 Å².